The molecule has 32 heavy (non-hydrogen) atoms. The van der Waals surface area contributed by atoms with Crippen molar-refractivity contribution >= 4 is 5.97 Å². The molecule has 1 heterocycles. The maximum Gasteiger partial charge on any atom is 0.310 e. The van der Waals surface area contributed by atoms with E-state index in [1.807, 2.05) is 0 Å². The van der Waals surface area contributed by atoms with E-state index >= 15 is 0 Å². The van der Waals surface area contributed by atoms with Crippen molar-refractivity contribution in [2.24, 2.45) is 0 Å². The zero-order valence-corrected chi connectivity index (χ0v) is 17.7. The number of carbonyl (C=O) groups excluding carboxylic acids is 1. The van der Waals surface area contributed by atoms with Gasteiger partial charge in [0.1, 0.15) is 36.8 Å². The summed E-state index contributed by atoms with van der Waals surface area (Å²) in [4.78, 5) is 12.1. The first-order chi connectivity index (χ1) is 15.2. The van der Waals surface area contributed by atoms with Crippen LogP contribution < -0.4 is 0 Å². The summed E-state index contributed by atoms with van der Waals surface area (Å²) < 4.78 is 16.2. The highest BCUT2D eigenvalue weighted by molar-refractivity contribution is 5.72. The van der Waals surface area contributed by atoms with Gasteiger partial charge in [-0.2, -0.15) is 0 Å². The van der Waals surface area contributed by atoms with Crippen LogP contribution in [0.1, 0.15) is 37.7 Å². The number of aromatic hydroxyl groups is 1. The summed E-state index contributed by atoms with van der Waals surface area (Å²) in [5, 5.41) is 59.9. The monoisotopic (exact) mass is 456 g/mol. The van der Waals surface area contributed by atoms with Gasteiger partial charge in [-0.05, 0) is 49.8 Å². The molecule has 10 nitrogen and oxygen atoms in total. The molecule has 2 fully saturated rings. The molecule has 1 aromatic carbocycles. The fraction of sp³-hybridized carbons (Fsp3) is 0.682. The lowest BCUT2D eigenvalue weighted by molar-refractivity contribution is -0.303. The molecule has 0 bridgehead atoms. The minimum atomic E-state index is -1.57. The highest BCUT2D eigenvalue weighted by Crippen LogP contribution is 2.31. The zero-order valence-electron chi connectivity index (χ0n) is 17.7. The number of hydrogen-bond acceptors (Lipinski definition) is 10. The number of esters is 1. The number of hydrogen-bond donors (Lipinski definition) is 6. The molecule has 6 N–H and O–H groups in total. The summed E-state index contributed by atoms with van der Waals surface area (Å²) >= 11 is 0. The van der Waals surface area contributed by atoms with Crippen LogP contribution in [0.15, 0.2) is 24.3 Å². The minimum absolute atomic E-state index is 0.0322. The van der Waals surface area contributed by atoms with E-state index in [2.05, 4.69) is 0 Å². The Morgan fingerprint density at radius 3 is 2.34 bits per heavy atom. The van der Waals surface area contributed by atoms with Crippen molar-refractivity contribution in [2.75, 3.05) is 13.2 Å². The molecular weight excluding hydrogens is 424 g/mol. The number of ether oxygens (including phenoxy) is 3. The fourth-order valence-electron chi connectivity index (χ4n) is 3.95. The quantitative estimate of drug-likeness (QED) is 0.277. The van der Waals surface area contributed by atoms with Crippen molar-refractivity contribution in [1.82, 2.24) is 0 Å². The number of aliphatic hydroxyl groups excluding tert-OH is 4. The van der Waals surface area contributed by atoms with E-state index in [1.54, 1.807) is 12.1 Å². The first-order valence-corrected chi connectivity index (χ1v) is 10.8. The molecule has 0 unspecified atom stereocenters. The Morgan fingerprint density at radius 1 is 1.03 bits per heavy atom. The average molecular weight is 456 g/mol. The van der Waals surface area contributed by atoms with Crippen molar-refractivity contribution in [1.29, 1.82) is 0 Å². The van der Waals surface area contributed by atoms with Gasteiger partial charge in [-0.15, -0.1) is 0 Å². The molecule has 2 aliphatic rings. The molecule has 1 saturated carbocycles. The van der Waals surface area contributed by atoms with Gasteiger partial charge < -0.3 is 44.8 Å². The van der Waals surface area contributed by atoms with Gasteiger partial charge in [-0.25, -0.2) is 0 Å². The maximum atomic E-state index is 12.1. The molecule has 5 atom stereocenters. The van der Waals surface area contributed by atoms with Crippen LogP contribution in [0.5, 0.6) is 5.75 Å². The summed E-state index contributed by atoms with van der Waals surface area (Å²) in [6.07, 6.45) is -5.29. The van der Waals surface area contributed by atoms with Gasteiger partial charge in [0, 0.05) is 0 Å². The summed E-state index contributed by atoms with van der Waals surface area (Å²) in [6, 6.07) is 6.05. The maximum absolute atomic E-state index is 12.1. The normalized spacial score (nSPS) is 35.4. The third-order valence-electron chi connectivity index (χ3n) is 6.10. The van der Waals surface area contributed by atoms with E-state index in [-0.39, 0.29) is 31.8 Å². The predicted octanol–water partition coefficient (Wildman–Crippen LogP) is -0.642. The number of phenols is 1. The molecular formula is C22H32O10. The van der Waals surface area contributed by atoms with Gasteiger partial charge in [0.25, 0.3) is 0 Å². The Bertz CT molecular complexity index is 731. The lowest BCUT2D eigenvalue weighted by atomic mass is 9.81. The Balaban J connectivity index is 1.47. The molecule has 0 spiro atoms. The summed E-state index contributed by atoms with van der Waals surface area (Å²) in [7, 11) is 0. The van der Waals surface area contributed by atoms with Crippen molar-refractivity contribution in [3.05, 3.63) is 29.8 Å². The summed E-state index contributed by atoms with van der Waals surface area (Å²) in [5.41, 5.74) is -0.345. The number of rotatable bonds is 8. The van der Waals surface area contributed by atoms with E-state index in [0.29, 0.717) is 31.2 Å². The SMILES string of the molecule is O=C(Cc1ccc(O)cc1)OC[C@@H]1O[C@H](OCCC2(O)CCC(O)CC2)[C@@H](O)[C@H](O)[C@@H]1O. The van der Waals surface area contributed by atoms with Gasteiger partial charge in [-0.3, -0.25) is 4.79 Å². The smallest absolute Gasteiger partial charge is 0.310 e. The summed E-state index contributed by atoms with van der Waals surface area (Å²) in [6.45, 7) is -0.325. The van der Waals surface area contributed by atoms with Crippen LogP contribution in [0.25, 0.3) is 0 Å². The second kappa shape index (κ2) is 10.9. The Kier molecular flexibility index (Phi) is 8.45. The third-order valence-corrected chi connectivity index (χ3v) is 6.10. The number of aliphatic hydroxyl groups is 5. The summed E-state index contributed by atoms with van der Waals surface area (Å²) in [5.74, 6) is -0.515. The average Bonchev–Trinajstić information content (AvgIpc) is 2.77. The van der Waals surface area contributed by atoms with E-state index in [0.717, 1.165) is 0 Å². The van der Waals surface area contributed by atoms with Gasteiger partial charge in [0.15, 0.2) is 6.29 Å². The van der Waals surface area contributed by atoms with E-state index in [1.165, 1.54) is 12.1 Å². The topological polar surface area (TPSA) is 166 Å². The van der Waals surface area contributed by atoms with E-state index in [9.17, 15) is 35.4 Å². The molecule has 0 radical (unpaired) electrons. The highest BCUT2D eigenvalue weighted by Gasteiger charge is 2.45. The van der Waals surface area contributed by atoms with Crippen LogP contribution in [0.2, 0.25) is 0 Å². The van der Waals surface area contributed by atoms with Crippen LogP contribution in [0.3, 0.4) is 0 Å². The van der Waals surface area contributed by atoms with Gasteiger partial charge in [0.05, 0.1) is 24.7 Å². The van der Waals surface area contributed by atoms with Crippen molar-refractivity contribution in [3.8, 4) is 5.75 Å². The molecule has 0 aromatic heterocycles. The molecule has 1 aromatic rings. The third kappa shape index (κ3) is 6.61. The van der Waals surface area contributed by atoms with Crippen LogP contribution >= 0.6 is 0 Å². The zero-order chi connectivity index (χ0) is 23.3. The largest absolute Gasteiger partial charge is 0.508 e. The van der Waals surface area contributed by atoms with Gasteiger partial charge in [-0.1, -0.05) is 12.1 Å². The minimum Gasteiger partial charge on any atom is -0.508 e. The standard InChI is InChI=1S/C22H32O10/c23-14-3-1-13(2-4-14)11-17(25)31-12-16-18(26)19(27)20(28)21(32-16)30-10-9-22(29)7-5-15(24)6-8-22/h1-4,15-16,18-21,23-24,26-29H,5-12H2/t15?,16-,18+,19+,20-,21-,22?/m0/s1. The van der Waals surface area contributed by atoms with Gasteiger partial charge in [0.2, 0.25) is 0 Å². The molecule has 1 saturated heterocycles. The van der Waals surface area contributed by atoms with Crippen LogP contribution in [0.4, 0.5) is 0 Å². The molecule has 180 valence electrons. The fourth-order valence-corrected chi connectivity index (χ4v) is 3.95. The second-order valence-electron chi connectivity index (χ2n) is 8.62. The first-order valence-electron chi connectivity index (χ1n) is 10.8. The van der Waals surface area contributed by atoms with Crippen molar-refractivity contribution in [2.45, 2.75) is 80.9 Å². The lowest BCUT2D eigenvalue weighted by Crippen LogP contribution is -2.59. The second-order valence-corrected chi connectivity index (χ2v) is 8.62. The molecule has 0 amide bonds. The Hall–Kier alpha value is -1.79. The highest BCUT2D eigenvalue weighted by atomic mass is 16.7. The lowest BCUT2D eigenvalue weighted by Gasteiger charge is -2.40. The Labute approximate surface area is 186 Å². The van der Waals surface area contributed by atoms with Crippen molar-refractivity contribution < 1.29 is 49.6 Å². The predicted molar refractivity (Wildman–Crippen MR) is 109 cm³/mol. The number of carbonyl (C=O) groups is 1. The molecule has 1 aliphatic carbocycles. The van der Waals surface area contributed by atoms with Gasteiger partial charge >= 0.3 is 5.97 Å². The van der Waals surface area contributed by atoms with Crippen LogP contribution in [-0.4, -0.2) is 92.2 Å². The number of phenolic OH excluding ortho intramolecular Hbond substituents is 1. The van der Waals surface area contributed by atoms with E-state index in [4.69, 9.17) is 14.2 Å². The van der Waals surface area contributed by atoms with E-state index < -0.39 is 48.4 Å². The number of benzene rings is 1. The Morgan fingerprint density at radius 2 is 1.69 bits per heavy atom. The first kappa shape index (κ1) is 24.8. The van der Waals surface area contributed by atoms with Crippen LogP contribution in [0, 0.1) is 0 Å². The van der Waals surface area contributed by atoms with Crippen molar-refractivity contribution in [3.63, 3.8) is 0 Å². The molecule has 1 aliphatic heterocycles. The molecule has 3 rings (SSSR count). The molecule has 10 heteroatoms. The van der Waals surface area contributed by atoms with Crippen LogP contribution in [-0.2, 0) is 25.4 Å².